The molecule has 0 unspecified atom stereocenters. The van der Waals surface area contributed by atoms with Gasteiger partial charge >= 0.3 is 0 Å². The highest BCUT2D eigenvalue weighted by atomic mass is 16.5. The molecule has 0 aromatic carbocycles. The Bertz CT molecular complexity index is 28.9. The molecule has 0 heterocycles. The summed E-state index contributed by atoms with van der Waals surface area (Å²) in [6.07, 6.45) is 0. The summed E-state index contributed by atoms with van der Waals surface area (Å²) in [5.41, 5.74) is 0. The third kappa shape index (κ3) is 5.88. The number of nitrogens with one attached hydrogen (secondary N) is 1. The van der Waals surface area contributed by atoms with Gasteiger partial charge in [-0.1, -0.05) is 0 Å². The van der Waals surface area contributed by atoms with Gasteiger partial charge in [0.25, 0.3) is 0 Å². The van der Waals surface area contributed by atoms with Gasteiger partial charge in [0.15, 0.2) is 0 Å². The fourth-order valence-electron chi connectivity index (χ4n) is 0.246. The van der Waals surface area contributed by atoms with Crippen LogP contribution in [0.15, 0.2) is 0 Å². The second-order valence-corrected chi connectivity index (χ2v) is 1.14. The van der Waals surface area contributed by atoms with Gasteiger partial charge in [-0.2, -0.15) is 0 Å². The molecule has 0 amide bonds. The Labute approximate surface area is 43.3 Å². The Morgan fingerprint density at radius 3 is 2.86 bits per heavy atom. The van der Waals surface area contributed by atoms with E-state index in [-0.39, 0.29) is 6.61 Å². The summed E-state index contributed by atoms with van der Waals surface area (Å²) >= 11 is 0. The van der Waals surface area contributed by atoms with E-state index >= 15 is 0 Å². The maximum absolute atomic E-state index is 9.69. The summed E-state index contributed by atoms with van der Waals surface area (Å²) in [6.45, 7) is 0.888. The van der Waals surface area contributed by atoms with Gasteiger partial charge in [-0.3, -0.25) is 5.32 Å². The molecule has 0 atom stereocenters. The van der Waals surface area contributed by atoms with Crippen molar-refractivity contribution in [3.05, 3.63) is 0 Å². The third-order valence-corrected chi connectivity index (χ3v) is 0.525. The first-order valence-electron chi connectivity index (χ1n) is 2.19. The standard InChI is InChI=1S/C4H10NO2/c1-7-4-5-2-3-6/h5H,2-4H2,1H3. The molecule has 1 radical (unpaired) electrons. The molecule has 43 valence electrons. The van der Waals surface area contributed by atoms with Crippen LogP contribution < -0.4 is 5.32 Å². The van der Waals surface area contributed by atoms with Crippen molar-refractivity contribution in [1.29, 1.82) is 0 Å². The molecule has 0 aromatic heterocycles. The molecule has 1 N–H and O–H groups in total. The van der Waals surface area contributed by atoms with E-state index in [0.717, 1.165) is 0 Å². The topological polar surface area (TPSA) is 41.2 Å². The van der Waals surface area contributed by atoms with E-state index in [1.54, 1.807) is 7.11 Å². The van der Waals surface area contributed by atoms with Gasteiger partial charge in [0.2, 0.25) is 0 Å². The fraction of sp³-hybridized carbons (Fsp3) is 1.00. The van der Waals surface area contributed by atoms with Crippen LogP contribution in [-0.2, 0) is 9.84 Å². The lowest BCUT2D eigenvalue weighted by Gasteiger charge is -1.95. The van der Waals surface area contributed by atoms with Gasteiger partial charge in [0, 0.05) is 13.7 Å². The molecule has 3 heteroatoms. The molecular weight excluding hydrogens is 94.0 g/mol. The predicted molar refractivity (Wildman–Crippen MR) is 25.4 cm³/mol. The van der Waals surface area contributed by atoms with Crippen LogP contribution in [0.4, 0.5) is 0 Å². The Kier molecular flexibility index (Phi) is 5.78. The summed E-state index contributed by atoms with van der Waals surface area (Å²) in [5.74, 6) is 0. The van der Waals surface area contributed by atoms with E-state index in [4.69, 9.17) is 0 Å². The first kappa shape index (κ1) is 6.88. The monoisotopic (exact) mass is 104 g/mol. The molecule has 0 aliphatic carbocycles. The summed E-state index contributed by atoms with van der Waals surface area (Å²) in [4.78, 5) is 0. The van der Waals surface area contributed by atoms with Crippen LogP contribution in [-0.4, -0.2) is 27.0 Å². The van der Waals surface area contributed by atoms with E-state index in [9.17, 15) is 5.11 Å². The summed E-state index contributed by atoms with van der Waals surface area (Å²) in [7, 11) is 1.58. The molecule has 0 aromatic rings. The van der Waals surface area contributed by atoms with Crippen molar-refractivity contribution in [3.63, 3.8) is 0 Å². The van der Waals surface area contributed by atoms with E-state index in [2.05, 4.69) is 10.1 Å². The first-order valence-corrected chi connectivity index (χ1v) is 2.19. The van der Waals surface area contributed by atoms with Crippen molar-refractivity contribution < 1.29 is 9.84 Å². The molecular formula is C4H10NO2. The molecule has 0 rings (SSSR count). The van der Waals surface area contributed by atoms with Gasteiger partial charge in [0.1, 0.15) is 0 Å². The van der Waals surface area contributed by atoms with Crippen LogP contribution >= 0.6 is 0 Å². The second kappa shape index (κ2) is 5.88. The number of rotatable bonds is 4. The molecule has 0 spiro atoms. The van der Waals surface area contributed by atoms with Gasteiger partial charge in [-0.25, -0.2) is 5.11 Å². The Morgan fingerprint density at radius 1 is 1.71 bits per heavy atom. The number of hydrogen-bond donors (Lipinski definition) is 1. The normalized spacial score (nSPS) is 9.43. The number of ether oxygens (including phenoxy) is 1. The lowest BCUT2D eigenvalue weighted by molar-refractivity contribution is 0.147. The Morgan fingerprint density at radius 2 is 2.43 bits per heavy atom. The highest BCUT2D eigenvalue weighted by Crippen LogP contribution is 1.57. The maximum Gasteiger partial charge on any atom is 0.0962 e. The van der Waals surface area contributed by atoms with E-state index in [1.807, 2.05) is 0 Å². The van der Waals surface area contributed by atoms with Crippen molar-refractivity contribution in [2.24, 2.45) is 0 Å². The zero-order chi connectivity index (χ0) is 5.54. The van der Waals surface area contributed by atoms with E-state index < -0.39 is 0 Å². The van der Waals surface area contributed by atoms with Crippen molar-refractivity contribution in [1.82, 2.24) is 5.32 Å². The molecule has 3 nitrogen and oxygen atoms in total. The van der Waals surface area contributed by atoms with Crippen LogP contribution in [0.2, 0.25) is 0 Å². The van der Waals surface area contributed by atoms with Crippen LogP contribution in [0, 0.1) is 0 Å². The quantitative estimate of drug-likeness (QED) is 0.390. The highest BCUT2D eigenvalue weighted by Gasteiger charge is 1.78. The van der Waals surface area contributed by atoms with Crippen LogP contribution in [0.3, 0.4) is 0 Å². The van der Waals surface area contributed by atoms with Crippen molar-refractivity contribution in [3.8, 4) is 0 Å². The van der Waals surface area contributed by atoms with Gasteiger partial charge in [0.05, 0.1) is 13.3 Å². The molecule has 7 heavy (non-hydrogen) atoms. The SMILES string of the molecule is COCNCC[O]. The molecule has 0 aliphatic rings. The largest absolute Gasteiger partial charge is 0.370 e. The number of hydrogen-bond acceptors (Lipinski definition) is 2. The van der Waals surface area contributed by atoms with Crippen molar-refractivity contribution >= 4 is 0 Å². The molecule has 0 saturated carbocycles. The minimum Gasteiger partial charge on any atom is -0.370 e. The van der Waals surface area contributed by atoms with E-state index in [0.29, 0.717) is 13.3 Å². The Hall–Kier alpha value is -0.120. The minimum atomic E-state index is -0.0800. The van der Waals surface area contributed by atoms with Gasteiger partial charge in [-0.05, 0) is 0 Å². The molecule has 0 fully saturated rings. The first-order chi connectivity index (χ1) is 3.41. The van der Waals surface area contributed by atoms with Gasteiger partial charge in [-0.15, -0.1) is 0 Å². The molecule has 0 saturated heterocycles. The highest BCUT2D eigenvalue weighted by molar-refractivity contribution is 4.31. The predicted octanol–water partition coefficient (Wildman–Crippen LogP) is -0.390. The average Bonchev–Trinajstić information content (AvgIpc) is 1.69. The van der Waals surface area contributed by atoms with Crippen molar-refractivity contribution in [2.45, 2.75) is 0 Å². The van der Waals surface area contributed by atoms with Crippen molar-refractivity contribution in [2.75, 3.05) is 27.0 Å². The minimum absolute atomic E-state index is 0.0800. The third-order valence-electron chi connectivity index (χ3n) is 0.525. The van der Waals surface area contributed by atoms with E-state index in [1.165, 1.54) is 0 Å². The number of methoxy groups -OCH3 is 1. The summed E-state index contributed by atoms with van der Waals surface area (Å²) in [5, 5.41) is 12.4. The Balaban J connectivity index is 2.45. The lowest BCUT2D eigenvalue weighted by Crippen LogP contribution is -2.19. The average molecular weight is 104 g/mol. The lowest BCUT2D eigenvalue weighted by atomic mass is 10.7. The maximum atomic E-state index is 9.69. The van der Waals surface area contributed by atoms with Crippen LogP contribution in [0.5, 0.6) is 0 Å². The summed E-state index contributed by atoms with van der Waals surface area (Å²) in [6, 6.07) is 0. The summed E-state index contributed by atoms with van der Waals surface area (Å²) < 4.78 is 4.59. The zero-order valence-electron chi connectivity index (χ0n) is 4.44. The van der Waals surface area contributed by atoms with Gasteiger partial charge < -0.3 is 4.74 Å². The molecule has 0 bridgehead atoms. The van der Waals surface area contributed by atoms with Crippen LogP contribution in [0.1, 0.15) is 0 Å². The second-order valence-electron chi connectivity index (χ2n) is 1.14. The van der Waals surface area contributed by atoms with Crippen LogP contribution in [0.25, 0.3) is 0 Å². The smallest absolute Gasteiger partial charge is 0.0962 e. The zero-order valence-corrected chi connectivity index (χ0v) is 4.44. The molecule has 0 aliphatic heterocycles. The fourth-order valence-corrected chi connectivity index (χ4v) is 0.246.